The molecule has 10 nitrogen and oxygen atoms in total. The lowest BCUT2D eigenvalue weighted by Gasteiger charge is -2.54. The fraction of sp³-hybridized carbons (Fsp3) is 0.571. The molecule has 3 aromatic rings. The topological polar surface area (TPSA) is 166 Å². The van der Waals surface area contributed by atoms with Gasteiger partial charge in [0.05, 0.1) is 25.1 Å². The van der Waals surface area contributed by atoms with Gasteiger partial charge in [0.2, 0.25) is 0 Å². The number of aliphatic hydroxyl groups is 2. The molecule has 12 unspecified atom stereocenters. The number of phenols is 1. The van der Waals surface area contributed by atoms with Crippen LogP contribution in [0.5, 0.6) is 11.5 Å². The van der Waals surface area contributed by atoms with E-state index in [1.165, 1.54) is 7.11 Å². The lowest BCUT2D eigenvalue weighted by Crippen LogP contribution is -2.57. The van der Waals surface area contributed by atoms with E-state index in [0.29, 0.717) is 111 Å². The van der Waals surface area contributed by atoms with Gasteiger partial charge in [0.15, 0.2) is 17.3 Å². The first-order chi connectivity index (χ1) is 32.0. The molecule has 1 spiro atoms. The zero-order valence-electron chi connectivity index (χ0n) is 39.1. The third-order valence-corrected chi connectivity index (χ3v) is 17.0. The minimum atomic E-state index is -1.18. The van der Waals surface area contributed by atoms with Crippen molar-refractivity contribution < 1.29 is 29.6 Å². The van der Waals surface area contributed by atoms with E-state index >= 15 is 0 Å². The molecule has 0 aromatic heterocycles. The SMILES string of the molecule is CCCNCC1CC2C(CNC3CC(=O)CCC32)CC1C1CCC2(C#CC(CCC(O)CC(C3=CCNC(N)=C3)c3ccc4ccccc4c3)c3cc(O)c(OC)cc3CCC2=O)C(O)C1. The Balaban J connectivity index is 0.960. The van der Waals surface area contributed by atoms with Crippen molar-refractivity contribution in [1.82, 2.24) is 16.0 Å². The molecule has 4 aliphatic carbocycles. The molecular formula is C56H72N4O6. The van der Waals surface area contributed by atoms with Crippen LogP contribution in [0.15, 0.2) is 78.1 Å². The highest BCUT2D eigenvalue weighted by Gasteiger charge is 2.53. The number of aliphatic hydroxyl groups excluding tert-OH is 2. The molecule has 8 N–H and O–H groups in total. The summed E-state index contributed by atoms with van der Waals surface area (Å²) < 4.78 is 5.56. The molecule has 3 aromatic carbocycles. The van der Waals surface area contributed by atoms with Crippen molar-refractivity contribution in [2.45, 2.75) is 127 Å². The molecule has 2 heterocycles. The van der Waals surface area contributed by atoms with Gasteiger partial charge >= 0.3 is 0 Å². The van der Waals surface area contributed by atoms with E-state index in [1.54, 1.807) is 6.07 Å². The molecule has 9 rings (SSSR count). The summed E-state index contributed by atoms with van der Waals surface area (Å²) in [6, 6.07) is 18.7. The van der Waals surface area contributed by atoms with Crippen LogP contribution in [0.3, 0.4) is 0 Å². The second-order valence-electron chi connectivity index (χ2n) is 20.8. The number of fused-ring (bicyclic) bond motifs is 5. The van der Waals surface area contributed by atoms with Crippen LogP contribution in [-0.2, 0) is 16.0 Å². The predicted octanol–water partition coefficient (Wildman–Crippen LogP) is 7.55. The number of methoxy groups -OCH3 is 1. The Labute approximate surface area is 391 Å². The molecule has 2 aliphatic heterocycles. The Morgan fingerprint density at radius 3 is 2.64 bits per heavy atom. The lowest BCUT2D eigenvalue weighted by atomic mass is 9.54. The minimum absolute atomic E-state index is 0.0142. The number of piperidine rings is 1. The van der Waals surface area contributed by atoms with E-state index in [0.717, 1.165) is 84.8 Å². The number of hydrogen-bond donors (Lipinski definition) is 7. The van der Waals surface area contributed by atoms with E-state index in [-0.39, 0.29) is 29.8 Å². The Morgan fingerprint density at radius 1 is 0.985 bits per heavy atom. The maximum absolute atomic E-state index is 14.6. The number of ketones is 2. The van der Waals surface area contributed by atoms with Gasteiger partial charge in [0.1, 0.15) is 11.2 Å². The lowest BCUT2D eigenvalue weighted by molar-refractivity contribution is -0.136. The fourth-order valence-corrected chi connectivity index (χ4v) is 13.4. The van der Waals surface area contributed by atoms with Crippen LogP contribution in [0.1, 0.15) is 119 Å². The van der Waals surface area contributed by atoms with Crippen LogP contribution in [0, 0.1) is 52.8 Å². The van der Waals surface area contributed by atoms with Gasteiger partial charge in [-0.15, -0.1) is 0 Å². The molecule has 0 bridgehead atoms. The molecule has 6 aliphatic rings. The molecule has 12 atom stereocenters. The Kier molecular flexibility index (Phi) is 14.3. The second-order valence-corrected chi connectivity index (χ2v) is 20.8. The molecule has 0 radical (unpaired) electrons. The molecule has 3 saturated carbocycles. The van der Waals surface area contributed by atoms with Gasteiger partial charge in [-0.3, -0.25) is 9.59 Å². The van der Waals surface area contributed by atoms with Gasteiger partial charge in [-0.2, -0.15) is 0 Å². The van der Waals surface area contributed by atoms with Crippen molar-refractivity contribution >= 4 is 22.3 Å². The van der Waals surface area contributed by atoms with Crippen molar-refractivity contribution in [1.29, 1.82) is 0 Å². The first kappa shape index (κ1) is 46.5. The fourth-order valence-electron chi connectivity index (χ4n) is 13.4. The van der Waals surface area contributed by atoms with Gasteiger partial charge < -0.3 is 41.7 Å². The molecule has 1 saturated heterocycles. The number of ether oxygens (including phenoxy) is 1. The first-order valence-electron chi connectivity index (χ1n) is 25.2. The molecule has 10 heteroatoms. The van der Waals surface area contributed by atoms with Crippen LogP contribution >= 0.6 is 0 Å². The standard InChI is InChI=1S/C56H72N4O6/c1-3-21-58-32-41-25-49-42(33-60-50-30-44(62)13-14-45(49)50)24-46(41)39-17-20-56(54(65)27-39)19-16-35(48-31-51(63)52(66-2)26-38(48)11-15-53(56)64)10-12-43(61)29-47(40-18-22-59-55(57)28-40)37-9-8-34-6-4-5-7-36(34)23-37/h4-9,18,23,26,28,31,35,39,41-43,45-47,49-50,54,58-61,63,65H,3,10-15,17,20-22,24-25,27,29-30,32-33,57H2,1-2H3. The number of nitrogens with two attached hydrogens (primary N) is 1. The number of rotatable bonds is 13. The van der Waals surface area contributed by atoms with Gasteiger partial charge in [-0.05, 0) is 177 Å². The maximum atomic E-state index is 14.6. The van der Waals surface area contributed by atoms with Gasteiger partial charge in [-0.25, -0.2) is 0 Å². The quantitative estimate of drug-likeness (QED) is 0.0673. The highest BCUT2D eigenvalue weighted by Crippen LogP contribution is 2.53. The molecule has 4 fully saturated rings. The summed E-state index contributed by atoms with van der Waals surface area (Å²) >= 11 is 0. The van der Waals surface area contributed by atoms with Crippen molar-refractivity contribution in [3.05, 3.63) is 94.8 Å². The molecule has 66 heavy (non-hydrogen) atoms. The normalized spacial score (nSPS) is 31.8. The van der Waals surface area contributed by atoms with Crippen molar-refractivity contribution in [2.24, 2.45) is 46.7 Å². The number of dihydropyridines is 1. The Hall–Kier alpha value is -4.66. The summed E-state index contributed by atoms with van der Waals surface area (Å²) in [4.78, 5) is 27.1. The van der Waals surface area contributed by atoms with Crippen LogP contribution in [0.25, 0.3) is 10.8 Å². The van der Waals surface area contributed by atoms with E-state index in [9.17, 15) is 24.9 Å². The highest BCUT2D eigenvalue weighted by molar-refractivity contribution is 5.89. The summed E-state index contributed by atoms with van der Waals surface area (Å²) in [5, 5.41) is 48.6. The summed E-state index contributed by atoms with van der Waals surface area (Å²) in [6.45, 7) is 5.73. The summed E-state index contributed by atoms with van der Waals surface area (Å²) in [6.07, 6.45) is 12.2. The smallest absolute Gasteiger partial charge is 0.160 e. The van der Waals surface area contributed by atoms with Gasteiger partial charge in [0, 0.05) is 43.7 Å². The number of aryl methyl sites for hydroxylation is 1. The van der Waals surface area contributed by atoms with Crippen molar-refractivity contribution in [3.63, 3.8) is 0 Å². The first-order valence-corrected chi connectivity index (χ1v) is 25.2. The van der Waals surface area contributed by atoms with E-state index in [4.69, 9.17) is 10.5 Å². The molecular weight excluding hydrogens is 825 g/mol. The van der Waals surface area contributed by atoms with Crippen LogP contribution in [0.2, 0.25) is 0 Å². The summed E-state index contributed by atoms with van der Waals surface area (Å²) in [7, 11) is 1.53. The summed E-state index contributed by atoms with van der Waals surface area (Å²) in [5.74, 6) is 10.9. The van der Waals surface area contributed by atoms with Crippen LogP contribution in [0.4, 0.5) is 0 Å². The van der Waals surface area contributed by atoms with Crippen molar-refractivity contribution in [3.8, 4) is 23.3 Å². The minimum Gasteiger partial charge on any atom is -0.504 e. The van der Waals surface area contributed by atoms with E-state index in [2.05, 4.69) is 71.1 Å². The third kappa shape index (κ3) is 9.69. The average Bonchev–Trinajstić information content (AvgIpc) is 3.37. The summed E-state index contributed by atoms with van der Waals surface area (Å²) in [5.41, 5.74) is 9.02. The predicted molar refractivity (Wildman–Crippen MR) is 260 cm³/mol. The third-order valence-electron chi connectivity index (χ3n) is 17.0. The number of benzene rings is 3. The van der Waals surface area contributed by atoms with Crippen LogP contribution < -0.4 is 26.4 Å². The highest BCUT2D eigenvalue weighted by atomic mass is 16.5. The van der Waals surface area contributed by atoms with E-state index < -0.39 is 23.5 Å². The number of aromatic hydroxyl groups is 1. The monoisotopic (exact) mass is 897 g/mol. The van der Waals surface area contributed by atoms with Crippen molar-refractivity contribution in [2.75, 3.05) is 33.3 Å². The Morgan fingerprint density at radius 2 is 1.83 bits per heavy atom. The second kappa shape index (κ2) is 20.3. The average molecular weight is 897 g/mol. The number of carbonyl (C=O) groups is 2. The van der Waals surface area contributed by atoms with Gasteiger partial charge in [0.25, 0.3) is 0 Å². The number of Topliss-reactive ketones (excluding diaryl/α,β-unsaturated/α-hetero) is 2. The Bertz CT molecular complexity index is 2380. The molecule has 352 valence electrons. The molecule has 0 amide bonds. The number of nitrogens with one attached hydrogen (secondary N) is 3. The number of phenolic OH excluding ortho intramolecular Hbond substituents is 1. The van der Waals surface area contributed by atoms with Gasteiger partial charge in [-0.1, -0.05) is 67.3 Å². The number of hydrogen-bond acceptors (Lipinski definition) is 10. The van der Waals surface area contributed by atoms with E-state index in [1.807, 2.05) is 24.3 Å². The maximum Gasteiger partial charge on any atom is 0.160 e. The van der Waals surface area contributed by atoms with Crippen LogP contribution in [-0.4, -0.2) is 78.4 Å². The number of carbonyl (C=O) groups excluding carboxylic acids is 2. The number of allylic oxidation sites excluding steroid dienone is 2. The zero-order valence-corrected chi connectivity index (χ0v) is 39.1. The zero-order chi connectivity index (χ0) is 46.0. The largest absolute Gasteiger partial charge is 0.504 e.